The lowest BCUT2D eigenvalue weighted by Crippen LogP contribution is -1.95. The zero-order valence-corrected chi connectivity index (χ0v) is 8.63. The fraction of sp³-hybridized carbons (Fsp3) is 0.364. The molecule has 14 heavy (non-hydrogen) atoms. The van der Waals surface area contributed by atoms with Gasteiger partial charge in [0.05, 0.1) is 0 Å². The van der Waals surface area contributed by atoms with Crippen molar-refractivity contribution in [2.24, 2.45) is 0 Å². The number of alkyl halides is 1. The van der Waals surface area contributed by atoms with Crippen LogP contribution >= 0.6 is 11.6 Å². The number of benzene rings is 1. The molecular formula is C11H13ClO2. The smallest absolute Gasteiger partial charge is 0.303 e. The van der Waals surface area contributed by atoms with Crippen molar-refractivity contribution in [3.63, 3.8) is 0 Å². The molecule has 0 fully saturated rings. The first-order chi connectivity index (χ1) is 6.72. The van der Waals surface area contributed by atoms with Crippen molar-refractivity contribution in [3.05, 3.63) is 35.4 Å². The fourth-order valence-corrected chi connectivity index (χ4v) is 1.42. The molecule has 0 heterocycles. The number of hydrogen-bond acceptors (Lipinski definition) is 1. The first kappa shape index (κ1) is 11.1. The molecule has 76 valence electrons. The Morgan fingerprint density at radius 2 is 1.79 bits per heavy atom. The Morgan fingerprint density at radius 1 is 1.21 bits per heavy atom. The molecule has 0 aliphatic carbocycles. The van der Waals surface area contributed by atoms with Crippen LogP contribution in [0.4, 0.5) is 0 Å². The summed E-state index contributed by atoms with van der Waals surface area (Å²) in [4.78, 5) is 10.3. The van der Waals surface area contributed by atoms with Crippen LogP contribution in [0.5, 0.6) is 0 Å². The molecule has 0 saturated heterocycles. The molecule has 0 atom stereocenters. The van der Waals surface area contributed by atoms with Gasteiger partial charge in [-0.2, -0.15) is 0 Å². The lowest BCUT2D eigenvalue weighted by molar-refractivity contribution is -0.137. The normalized spacial score (nSPS) is 10.1. The summed E-state index contributed by atoms with van der Waals surface area (Å²) in [5.74, 6) is -0.211. The first-order valence-electron chi connectivity index (χ1n) is 4.58. The van der Waals surface area contributed by atoms with Crippen molar-refractivity contribution in [1.82, 2.24) is 0 Å². The van der Waals surface area contributed by atoms with Gasteiger partial charge in [0.15, 0.2) is 0 Å². The standard InChI is InChI=1S/C11H13ClO2/c12-8-10-6-4-9(5-7-10)2-1-3-11(13)14/h4-7H,1-3,8H2,(H,13,14). The maximum Gasteiger partial charge on any atom is 0.303 e. The molecule has 0 amide bonds. The minimum Gasteiger partial charge on any atom is -0.481 e. The molecular weight excluding hydrogens is 200 g/mol. The second kappa shape index (κ2) is 5.66. The summed E-state index contributed by atoms with van der Waals surface area (Å²) < 4.78 is 0. The quantitative estimate of drug-likeness (QED) is 0.763. The summed E-state index contributed by atoms with van der Waals surface area (Å²) in [5, 5.41) is 8.46. The Hall–Kier alpha value is -1.02. The summed E-state index contributed by atoms with van der Waals surface area (Å²) in [6, 6.07) is 7.95. The van der Waals surface area contributed by atoms with E-state index in [2.05, 4.69) is 0 Å². The number of aliphatic carboxylic acids is 1. The van der Waals surface area contributed by atoms with E-state index in [0.29, 0.717) is 12.3 Å². The minimum absolute atomic E-state index is 0.233. The number of hydrogen-bond donors (Lipinski definition) is 1. The zero-order valence-electron chi connectivity index (χ0n) is 7.87. The van der Waals surface area contributed by atoms with E-state index in [1.165, 1.54) is 5.56 Å². The van der Waals surface area contributed by atoms with Gasteiger partial charge in [-0.25, -0.2) is 0 Å². The molecule has 0 aliphatic rings. The van der Waals surface area contributed by atoms with Gasteiger partial charge >= 0.3 is 5.97 Å². The van der Waals surface area contributed by atoms with Gasteiger partial charge in [-0.05, 0) is 24.0 Å². The molecule has 0 saturated carbocycles. The van der Waals surface area contributed by atoms with Crippen LogP contribution in [0.3, 0.4) is 0 Å². The Bertz CT molecular complexity index is 293. The van der Waals surface area contributed by atoms with Crippen LogP contribution in [0.2, 0.25) is 0 Å². The Labute approximate surface area is 88.5 Å². The van der Waals surface area contributed by atoms with E-state index in [9.17, 15) is 4.79 Å². The lowest BCUT2D eigenvalue weighted by atomic mass is 10.1. The monoisotopic (exact) mass is 212 g/mol. The van der Waals surface area contributed by atoms with Crippen molar-refractivity contribution in [2.75, 3.05) is 0 Å². The van der Waals surface area contributed by atoms with Crippen LogP contribution in [-0.4, -0.2) is 11.1 Å². The minimum atomic E-state index is -0.734. The SMILES string of the molecule is O=C(O)CCCc1ccc(CCl)cc1. The molecule has 0 bridgehead atoms. The van der Waals surface area contributed by atoms with Crippen molar-refractivity contribution in [3.8, 4) is 0 Å². The van der Waals surface area contributed by atoms with E-state index >= 15 is 0 Å². The third kappa shape index (κ3) is 3.79. The van der Waals surface area contributed by atoms with E-state index in [-0.39, 0.29) is 6.42 Å². The molecule has 1 aromatic rings. The average molecular weight is 213 g/mol. The van der Waals surface area contributed by atoms with Crippen LogP contribution in [-0.2, 0) is 17.1 Å². The third-order valence-electron chi connectivity index (χ3n) is 2.03. The topological polar surface area (TPSA) is 37.3 Å². The van der Waals surface area contributed by atoms with E-state index < -0.39 is 5.97 Å². The molecule has 1 rings (SSSR count). The van der Waals surface area contributed by atoms with Crippen LogP contribution in [0.15, 0.2) is 24.3 Å². The molecule has 3 heteroatoms. The van der Waals surface area contributed by atoms with E-state index in [1.807, 2.05) is 24.3 Å². The Morgan fingerprint density at radius 3 is 2.29 bits per heavy atom. The molecule has 0 aromatic heterocycles. The molecule has 0 radical (unpaired) electrons. The van der Waals surface area contributed by atoms with E-state index in [1.54, 1.807) is 0 Å². The second-order valence-electron chi connectivity index (χ2n) is 3.20. The predicted molar refractivity (Wildman–Crippen MR) is 56.6 cm³/mol. The summed E-state index contributed by atoms with van der Waals surface area (Å²) in [7, 11) is 0. The number of carboxylic acids is 1. The number of aryl methyl sites for hydroxylation is 1. The van der Waals surface area contributed by atoms with E-state index in [4.69, 9.17) is 16.7 Å². The summed E-state index contributed by atoms with van der Waals surface area (Å²) in [6.45, 7) is 0. The maximum absolute atomic E-state index is 10.3. The van der Waals surface area contributed by atoms with Gasteiger partial charge < -0.3 is 5.11 Å². The van der Waals surface area contributed by atoms with Crippen LogP contribution in [0.1, 0.15) is 24.0 Å². The predicted octanol–water partition coefficient (Wildman–Crippen LogP) is 2.83. The number of rotatable bonds is 5. The highest BCUT2D eigenvalue weighted by Crippen LogP contribution is 2.09. The van der Waals surface area contributed by atoms with Crippen LogP contribution in [0, 0.1) is 0 Å². The summed E-state index contributed by atoms with van der Waals surface area (Å²) in [5.41, 5.74) is 2.26. The fourth-order valence-electron chi connectivity index (χ4n) is 1.24. The van der Waals surface area contributed by atoms with Crippen LogP contribution < -0.4 is 0 Å². The largest absolute Gasteiger partial charge is 0.481 e. The molecule has 0 aliphatic heterocycles. The van der Waals surface area contributed by atoms with Gasteiger partial charge in [0, 0.05) is 12.3 Å². The van der Waals surface area contributed by atoms with Gasteiger partial charge in [-0.15, -0.1) is 11.6 Å². The highest BCUT2D eigenvalue weighted by atomic mass is 35.5. The van der Waals surface area contributed by atoms with Gasteiger partial charge in [-0.3, -0.25) is 4.79 Å². The van der Waals surface area contributed by atoms with E-state index in [0.717, 1.165) is 12.0 Å². The van der Waals surface area contributed by atoms with Gasteiger partial charge in [0.1, 0.15) is 0 Å². The lowest BCUT2D eigenvalue weighted by Gasteiger charge is -2.00. The first-order valence-corrected chi connectivity index (χ1v) is 5.11. The van der Waals surface area contributed by atoms with Crippen molar-refractivity contribution in [2.45, 2.75) is 25.1 Å². The van der Waals surface area contributed by atoms with Crippen molar-refractivity contribution >= 4 is 17.6 Å². The van der Waals surface area contributed by atoms with Crippen LogP contribution in [0.25, 0.3) is 0 Å². The second-order valence-corrected chi connectivity index (χ2v) is 3.46. The summed E-state index contributed by atoms with van der Waals surface area (Å²) >= 11 is 5.65. The van der Waals surface area contributed by atoms with Gasteiger partial charge in [0.25, 0.3) is 0 Å². The zero-order chi connectivity index (χ0) is 10.4. The molecule has 0 unspecified atom stereocenters. The maximum atomic E-state index is 10.3. The van der Waals surface area contributed by atoms with Gasteiger partial charge in [0.2, 0.25) is 0 Å². The third-order valence-corrected chi connectivity index (χ3v) is 2.34. The van der Waals surface area contributed by atoms with Crippen molar-refractivity contribution in [1.29, 1.82) is 0 Å². The highest BCUT2D eigenvalue weighted by Gasteiger charge is 1.98. The number of carboxylic acid groups (broad SMARTS) is 1. The molecule has 1 N–H and O–H groups in total. The van der Waals surface area contributed by atoms with Gasteiger partial charge in [-0.1, -0.05) is 24.3 Å². The molecule has 2 nitrogen and oxygen atoms in total. The number of halogens is 1. The Balaban J connectivity index is 2.40. The average Bonchev–Trinajstić information content (AvgIpc) is 2.18. The van der Waals surface area contributed by atoms with Crippen molar-refractivity contribution < 1.29 is 9.90 Å². The molecule has 0 spiro atoms. The Kier molecular flexibility index (Phi) is 4.47. The number of carbonyl (C=O) groups is 1. The summed E-state index contributed by atoms with van der Waals surface area (Å²) in [6.07, 6.45) is 1.74. The molecule has 1 aromatic carbocycles. The highest BCUT2D eigenvalue weighted by molar-refractivity contribution is 6.17.